The van der Waals surface area contributed by atoms with Gasteiger partial charge in [-0.3, -0.25) is 4.79 Å². The second-order valence-corrected chi connectivity index (χ2v) is 11.7. The third-order valence-electron chi connectivity index (χ3n) is 6.18. The van der Waals surface area contributed by atoms with E-state index in [-0.39, 0.29) is 29.0 Å². The van der Waals surface area contributed by atoms with Crippen LogP contribution in [0.5, 0.6) is 0 Å². The molecule has 2 aromatic heterocycles. The SMILES string of the molecule is CCn1c(-c2ccccc2)c(C(=O)CSc2nnc(CC3CCS(=O)(=O)C3)o2)c2ccccc21. The minimum Gasteiger partial charge on any atom is -0.416 e. The Labute approximate surface area is 202 Å². The lowest BCUT2D eigenvalue weighted by Gasteiger charge is -2.10. The molecule has 0 saturated carbocycles. The predicted molar refractivity (Wildman–Crippen MR) is 133 cm³/mol. The number of hydrogen-bond donors (Lipinski definition) is 0. The number of para-hydroxylation sites is 1. The summed E-state index contributed by atoms with van der Waals surface area (Å²) in [7, 11) is -2.95. The zero-order valence-electron chi connectivity index (χ0n) is 18.8. The number of Topliss-reactive ketones (excluding diaryl/α,β-unsaturated/α-hetero) is 1. The summed E-state index contributed by atoms with van der Waals surface area (Å²) in [6.45, 7) is 2.83. The van der Waals surface area contributed by atoms with Gasteiger partial charge in [0.1, 0.15) is 0 Å². The Kier molecular flexibility index (Phi) is 6.31. The molecule has 1 aliphatic heterocycles. The van der Waals surface area contributed by atoms with Crippen molar-refractivity contribution >= 4 is 38.3 Å². The molecular weight excluding hydrogens is 470 g/mol. The van der Waals surface area contributed by atoms with Gasteiger partial charge in [-0.1, -0.05) is 60.3 Å². The zero-order valence-corrected chi connectivity index (χ0v) is 20.4. The average molecular weight is 496 g/mol. The van der Waals surface area contributed by atoms with Crippen LogP contribution in [0.1, 0.15) is 29.6 Å². The number of carbonyl (C=O) groups is 1. The summed E-state index contributed by atoms with van der Waals surface area (Å²) in [5, 5.41) is 9.38. The van der Waals surface area contributed by atoms with E-state index in [1.807, 2.05) is 54.6 Å². The van der Waals surface area contributed by atoms with Crippen molar-refractivity contribution in [2.24, 2.45) is 5.92 Å². The van der Waals surface area contributed by atoms with Crippen molar-refractivity contribution in [2.75, 3.05) is 17.3 Å². The van der Waals surface area contributed by atoms with E-state index >= 15 is 0 Å². The van der Waals surface area contributed by atoms with Gasteiger partial charge in [0.05, 0.1) is 28.5 Å². The molecule has 2 aromatic carbocycles. The topological polar surface area (TPSA) is 95.1 Å². The summed E-state index contributed by atoms with van der Waals surface area (Å²) in [5.41, 5.74) is 3.65. The van der Waals surface area contributed by atoms with Crippen molar-refractivity contribution in [3.63, 3.8) is 0 Å². The predicted octanol–water partition coefficient (Wildman–Crippen LogP) is 4.66. The second-order valence-electron chi connectivity index (χ2n) is 8.50. The number of thioether (sulfide) groups is 1. The van der Waals surface area contributed by atoms with Gasteiger partial charge < -0.3 is 8.98 Å². The highest BCUT2D eigenvalue weighted by molar-refractivity contribution is 7.99. The molecule has 0 N–H and O–H groups in total. The molecule has 9 heteroatoms. The maximum atomic E-state index is 13.5. The number of benzene rings is 2. The molecule has 7 nitrogen and oxygen atoms in total. The van der Waals surface area contributed by atoms with Crippen molar-refractivity contribution in [1.82, 2.24) is 14.8 Å². The van der Waals surface area contributed by atoms with Gasteiger partial charge in [0.25, 0.3) is 5.22 Å². The third-order valence-corrected chi connectivity index (χ3v) is 8.83. The number of ketones is 1. The number of rotatable bonds is 8. The first-order chi connectivity index (χ1) is 16.4. The zero-order chi connectivity index (χ0) is 23.7. The first-order valence-corrected chi connectivity index (χ1v) is 14.1. The highest BCUT2D eigenvalue weighted by Gasteiger charge is 2.29. The summed E-state index contributed by atoms with van der Waals surface area (Å²) in [6.07, 6.45) is 1.07. The molecule has 0 spiro atoms. The maximum Gasteiger partial charge on any atom is 0.277 e. The van der Waals surface area contributed by atoms with Crippen LogP contribution in [-0.4, -0.2) is 46.2 Å². The second kappa shape index (κ2) is 9.38. The summed E-state index contributed by atoms with van der Waals surface area (Å²) < 4.78 is 31.3. The molecule has 5 rings (SSSR count). The molecule has 0 aliphatic carbocycles. The fourth-order valence-electron chi connectivity index (χ4n) is 4.67. The van der Waals surface area contributed by atoms with Gasteiger partial charge >= 0.3 is 0 Å². The molecule has 34 heavy (non-hydrogen) atoms. The lowest BCUT2D eigenvalue weighted by Crippen LogP contribution is -2.07. The summed E-state index contributed by atoms with van der Waals surface area (Å²) in [6, 6.07) is 18.0. The summed E-state index contributed by atoms with van der Waals surface area (Å²) in [4.78, 5) is 13.5. The Bertz CT molecular complexity index is 1440. The minimum atomic E-state index is -2.95. The van der Waals surface area contributed by atoms with Gasteiger partial charge in [-0.15, -0.1) is 10.2 Å². The van der Waals surface area contributed by atoms with Crippen LogP contribution in [0.15, 0.2) is 64.2 Å². The fourth-order valence-corrected chi connectivity index (χ4v) is 7.18. The van der Waals surface area contributed by atoms with E-state index in [4.69, 9.17) is 4.42 Å². The number of aromatic nitrogens is 3. The lowest BCUT2D eigenvalue weighted by molar-refractivity contribution is 0.102. The highest BCUT2D eigenvalue weighted by Crippen LogP contribution is 2.35. The first kappa shape index (κ1) is 22.9. The number of sulfone groups is 1. The van der Waals surface area contributed by atoms with Gasteiger partial charge in [0.15, 0.2) is 15.6 Å². The first-order valence-electron chi connectivity index (χ1n) is 11.3. The summed E-state index contributed by atoms with van der Waals surface area (Å²) >= 11 is 1.21. The van der Waals surface area contributed by atoms with Gasteiger partial charge in [0, 0.05) is 23.9 Å². The van der Waals surface area contributed by atoms with Crippen molar-refractivity contribution in [3.8, 4) is 11.3 Å². The molecule has 0 amide bonds. The molecule has 1 aliphatic rings. The van der Waals surface area contributed by atoms with Crippen molar-refractivity contribution in [2.45, 2.75) is 31.5 Å². The lowest BCUT2D eigenvalue weighted by atomic mass is 10.0. The monoisotopic (exact) mass is 495 g/mol. The molecule has 1 saturated heterocycles. The smallest absolute Gasteiger partial charge is 0.277 e. The van der Waals surface area contributed by atoms with Crippen LogP contribution >= 0.6 is 11.8 Å². The van der Waals surface area contributed by atoms with Crippen LogP contribution in [0.2, 0.25) is 0 Å². The third kappa shape index (κ3) is 4.54. The minimum absolute atomic E-state index is 0.00566. The Morgan fingerprint density at radius 2 is 1.88 bits per heavy atom. The molecule has 3 heterocycles. The number of fused-ring (bicyclic) bond motifs is 1. The molecule has 0 bridgehead atoms. The van der Waals surface area contributed by atoms with E-state index in [2.05, 4.69) is 21.7 Å². The molecule has 176 valence electrons. The number of aryl methyl sites for hydroxylation is 1. The average Bonchev–Trinajstić information content (AvgIpc) is 3.53. The fraction of sp³-hybridized carbons (Fsp3) is 0.320. The number of carbonyl (C=O) groups excluding carboxylic acids is 1. The van der Waals surface area contributed by atoms with Crippen molar-refractivity contribution in [1.29, 1.82) is 0 Å². The quantitative estimate of drug-likeness (QED) is 0.259. The van der Waals surface area contributed by atoms with Crippen LogP contribution in [0.4, 0.5) is 0 Å². The molecule has 0 radical (unpaired) electrons. The normalized spacial score (nSPS) is 17.4. The van der Waals surface area contributed by atoms with Crippen molar-refractivity contribution < 1.29 is 17.6 Å². The van der Waals surface area contributed by atoms with Gasteiger partial charge in [-0.25, -0.2) is 8.42 Å². The Morgan fingerprint density at radius 1 is 1.12 bits per heavy atom. The van der Waals surface area contributed by atoms with E-state index in [0.717, 1.165) is 28.7 Å². The van der Waals surface area contributed by atoms with E-state index in [9.17, 15) is 13.2 Å². The largest absolute Gasteiger partial charge is 0.416 e. The van der Waals surface area contributed by atoms with E-state index < -0.39 is 9.84 Å². The maximum absolute atomic E-state index is 13.5. The Hall–Kier alpha value is -2.91. The van der Waals surface area contributed by atoms with E-state index in [1.54, 1.807) is 0 Å². The standard InChI is InChI=1S/C25H25N3O4S2/c1-2-28-20-11-7-6-10-19(20)23(24(28)18-8-4-3-5-9-18)21(29)15-33-25-27-26-22(32-25)14-17-12-13-34(30,31)16-17/h3-11,17H,2,12-16H2,1H3. The number of nitrogens with zero attached hydrogens (tertiary/aromatic N) is 3. The molecule has 1 fully saturated rings. The van der Waals surface area contributed by atoms with Crippen LogP contribution in [0, 0.1) is 5.92 Å². The van der Waals surface area contributed by atoms with E-state index in [1.165, 1.54) is 11.8 Å². The van der Waals surface area contributed by atoms with Crippen LogP contribution < -0.4 is 0 Å². The van der Waals surface area contributed by atoms with Gasteiger partial charge in [-0.05, 0) is 30.9 Å². The van der Waals surface area contributed by atoms with Crippen LogP contribution in [-0.2, 0) is 22.8 Å². The van der Waals surface area contributed by atoms with Crippen LogP contribution in [0.25, 0.3) is 22.2 Å². The van der Waals surface area contributed by atoms with Crippen molar-refractivity contribution in [3.05, 3.63) is 66.1 Å². The molecule has 1 atom stereocenters. The van der Waals surface area contributed by atoms with Gasteiger partial charge in [0.2, 0.25) is 5.89 Å². The molecule has 4 aromatic rings. The molecular formula is C25H25N3O4S2. The van der Waals surface area contributed by atoms with Crippen LogP contribution in [0.3, 0.4) is 0 Å². The van der Waals surface area contributed by atoms with E-state index in [0.29, 0.717) is 29.5 Å². The van der Waals surface area contributed by atoms with Gasteiger partial charge in [-0.2, -0.15) is 0 Å². The summed E-state index contributed by atoms with van der Waals surface area (Å²) in [5.74, 6) is 0.978. The highest BCUT2D eigenvalue weighted by atomic mass is 32.2. The molecule has 1 unspecified atom stereocenters. The Balaban J connectivity index is 1.38. The Morgan fingerprint density at radius 3 is 2.62 bits per heavy atom. The number of hydrogen-bond acceptors (Lipinski definition) is 7.